The number of nitrogens with zero attached hydrogens (tertiary/aromatic N) is 2. The largest absolute Gasteiger partial charge is 1.00 e. The van der Waals surface area contributed by atoms with E-state index in [-0.39, 0.29) is 59.6 Å². The second-order valence-corrected chi connectivity index (χ2v) is 11.7. The Hall–Kier alpha value is -3.28. The maximum absolute atomic E-state index is 14.8. The number of halogens is 1. The van der Waals surface area contributed by atoms with E-state index in [1.165, 1.54) is 12.1 Å². The van der Waals surface area contributed by atoms with E-state index in [4.69, 9.17) is 9.72 Å². The first kappa shape index (κ1) is 32.6. The monoisotopic (exact) mass is 611 g/mol. The number of aromatic amines is 1. The van der Waals surface area contributed by atoms with Crippen LogP contribution in [0.3, 0.4) is 0 Å². The zero-order chi connectivity index (χ0) is 29.5. The number of hydrogen-bond acceptors (Lipinski definition) is 6. The number of imidazole rings is 1. The SMILES string of the molecule is O=c1c(Cc2ccc(OCCCCCCS(=O)(=O)[O-])c(F)c2)nc2c(Cc3ccccc3)[nH]c(-c3ccccc3)cn1-2.[Na+]. The predicted molar refractivity (Wildman–Crippen MR) is 158 cm³/mol. The van der Waals surface area contributed by atoms with Crippen LogP contribution < -0.4 is 39.9 Å². The Bertz CT molecular complexity index is 1780. The summed E-state index contributed by atoms with van der Waals surface area (Å²) < 4.78 is 53.9. The summed E-state index contributed by atoms with van der Waals surface area (Å²) >= 11 is 0. The van der Waals surface area contributed by atoms with E-state index in [1.807, 2.05) is 60.7 Å². The minimum absolute atomic E-state index is 0. The fourth-order valence-electron chi connectivity index (χ4n) is 4.86. The van der Waals surface area contributed by atoms with Crippen molar-refractivity contribution < 1.29 is 51.7 Å². The van der Waals surface area contributed by atoms with Gasteiger partial charge in [-0.25, -0.2) is 17.8 Å². The van der Waals surface area contributed by atoms with Gasteiger partial charge >= 0.3 is 29.6 Å². The molecule has 1 N–H and O–H groups in total. The van der Waals surface area contributed by atoms with Gasteiger partial charge in [0.15, 0.2) is 17.4 Å². The fourth-order valence-corrected chi connectivity index (χ4v) is 5.42. The van der Waals surface area contributed by atoms with Crippen molar-refractivity contribution in [2.75, 3.05) is 12.4 Å². The van der Waals surface area contributed by atoms with Gasteiger partial charge < -0.3 is 14.3 Å². The third-order valence-corrected chi connectivity index (χ3v) is 7.76. The van der Waals surface area contributed by atoms with Crippen molar-refractivity contribution in [2.45, 2.75) is 38.5 Å². The summed E-state index contributed by atoms with van der Waals surface area (Å²) in [6.07, 6.45) is 4.64. The summed E-state index contributed by atoms with van der Waals surface area (Å²) in [7, 11) is -4.19. The predicted octanol–water partition coefficient (Wildman–Crippen LogP) is 2.47. The smallest absolute Gasteiger partial charge is 0.748 e. The second kappa shape index (κ2) is 14.9. The molecule has 8 nitrogen and oxygen atoms in total. The molecule has 0 aliphatic carbocycles. The molecule has 0 aromatic heterocycles. The van der Waals surface area contributed by atoms with E-state index >= 15 is 0 Å². The molecule has 11 heteroatoms. The topological polar surface area (TPSA) is 117 Å². The number of aromatic nitrogens is 3. The summed E-state index contributed by atoms with van der Waals surface area (Å²) in [6.45, 7) is 0.266. The second-order valence-electron chi connectivity index (χ2n) is 10.2. The van der Waals surface area contributed by atoms with E-state index in [1.54, 1.807) is 16.8 Å². The average Bonchev–Trinajstić information content (AvgIpc) is 3.29. The van der Waals surface area contributed by atoms with Gasteiger partial charge in [0, 0.05) is 24.8 Å². The number of rotatable bonds is 13. The molecule has 218 valence electrons. The summed E-state index contributed by atoms with van der Waals surface area (Å²) in [5.74, 6) is -0.273. The molecule has 0 atom stereocenters. The summed E-state index contributed by atoms with van der Waals surface area (Å²) in [4.78, 5) is 21.7. The van der Waals surface area contributed by atoms with Crippen molar-refractivity contribution in [3.05, 3.63) is 124 Å². The molecule has 0 saturated carbocycles. The average molecular weight is 612 g/mol. The number of fused-ring (bicyclic) bond motifs is 1. The number of nitrogens with one attached hydrogen (secondary N) is 1. The van der Waals surface area contributed by atoms with E-state index in [0.29, 0.717) is 49.2 Å². The molecule has 0 saturated heterocycles. The Balaban J connectivity index is 0.00000423. The van der Waals surface area contributed by atoms with E-state index in [0.717, 1.165) is 22.5 Å². The molecule has 0 radical (unpaired) electrons. The molecule has 3 aromatic carbocycles. The number of ether oxygens (including phenoxy) is 1. The summed E-state index contributed by atoms with van der Waals surface area (Å²) in [6, 6.07) is 24.3. The summed E-state index contributed by atoms with van der Waals surface area (Å²) in [5.41, 5.74) is 4.26. The Morgan fingerprint density at radius 2 is 1.58 bits per heavy atom. The zero-order valence-electron chi connectivity index (χ0n) is 24.0. The first-order valence-electron chi connectivity index (χ1n) is 13.8. The van der Waals surface area contributed by atoms with Gasteiger partial charge in [0.2, 0.25) is 0 Å². The molecule has 0 amide bonds. The van der Waals surface area contributed by atoms with Gasteiger partial charge in [-0.05, 0) is 41.7 Å². The summed E-state index contributed by atoms with van der Waals surface area (Å²) in [5, 5.41) is 0. The first-order valence-corrected chi connectivity index (χ1v) is 15.4. The van der Waals surface area contributed by atoms with Gasteiger partial charge in [-0.1, -0.05) is 79.6 Å². The standard InChI is InChI=1S/C32H32FN3O5S.Na/c33-26-19-24(15-16-30(26)41-17-9-1-2-10-18-42(38,39)40)21-28-32(37)36-22-29(25-13-7-4-8-14-25)34-27(31(36)35-28)20-23-11-5-3-6-12-23;/h3-8,11-16,19,22,34H,1-2,9-10,17-18,20-21H2,(H,38,39,40);/q;+1/p-1. The molecular weight excluding hydrogens is 580 g/mol. The number of unbranched alkanes of at least 4 members (excludes halogenated alkanes) is 3. The minimum atomic E-state index is -4.19. The van der Waals surface area contributed by atoms with Crippen molar-refractivity contribution in [1.29, 1.82) is 0 Å². The van der Waals surface area contributed by atoms with Crippen LogP contribution in [0, 0.1) is 5.82 Å². The minimum Gasteiger partial charge on any atom is -0.748 e. The molecule has 2 heterocycles. The molecule has 43 heavy (non-hydrogen) atoms. The fraction of sp³-hybridized carbons (Fsp3) is 0.250. The third-order valence-electron chi connectivity index (χ3n) is 6.97. The van der Waals surface area contributed by atoms with Gasteiger partial charge in [0.05, 0.1) is 28.1 Å². The van der Waals surface area contributed by atoms with E-state index in [9.17, 15) is 22.2 Å². The Morgan fingerprint density at radius 3 is 2.28 bits per heavy atom. The molecule has 0 bridgehead atoms. The molecule has 0 fully saturated rings. The first-order chi connectivity index (χ1) is 20.3. The molecule has 2 aliphatic rings. The van der Waals surface area contributed by atoms with Crippen molar-refractivity contribution in [3.8, 4) is 22.8 Å². The van der Waals surface area contributed by atoms with Gasteiger partial charge in [-0.2, -0.15) is 0 Å². The number of benzene rings is 3. The van der Waals surface area contributed by atoms with Crippen LogP contribution >= 0.6 is 0 Å². The van der Waals surface area contributed by atoms with Crippen molar-refractivity contribution >= 4 is 10.1 Å². The molecular formula is C32H31FN3NaO5S. The molecule has 3 aromatic rings. The van der Waals surface area contributed by atoms with E-state index < -0.39 is 15.9 Å². The van der Waals surface area contributed by atoms with Crippen LogP contribution in [-0.2, 0) is 23.0 Å². The van der Waals surface area contributed by atoms with Crippen molar-refractivity contribution in [2.24, 2.45) is 0 Å². The van der Waals surface area contributed by atoms with Crippen LogP contribution in [0.15, 0.2) is 89.9 Å². The van der Waals surface area contributed by atoms with Gasteiger partial charge in [0.25, 0.3) is 5.56 Å². The maximum Gasteiger partial charge on any atom is 1.00 e. The van der Waals surface area contributed by atoms with Crippen molar-refractivity contribution in [1.82, 2.24) is 14.5 Å². The van der Waals surface area contributed by atoms with Gasteiger partial charge in [-0.15, -0.1) is 0 Å². The molecule has 2 aliphatic heterocycles. The van der Waals surface area contributed by atoms with Crippen LogP contribution in [0.4, 0.5) is 4.39 Å². The molecule has 0 unspecified atom stereocenters. The quantitative estimate of drug-likeness (QED) is 0.124. The number of H-pyrrole nitrogens is 1. The van der Waals surface area contributed by atoms with Crippen LogP contribution in [0.25, 0.3) is 17.1 Å². The third kappa shape index (κ3) is 8.87. The normalized spacial score (nSPS) is 11.4. The van der Waals surface area contributed by atoms with Gasteiger partial charge in [0.1, 0.15) is 5.69 Å². The van der Waals surface area contributed by atoms with Crippen LogP contribution in [-0.4, -0.2) is 39.9 Å². The van der Waals surface area contributed by atoms with Crippen LogP contribution in [0.1, 0.15) is 48.2 Å². The Labute approximate surface area is 272 Å². The van der Waals surface area contributed by atoms with Crippen LogP contribution in [0.5, 0.6) is 5.75 Å². The Morgan fingerprint density at radius 1 is 0.884 bits per heavy atom. The molecule has 0 spiro atoms. The van der Waals surface area contributed by atoms with Gasteiger partial charge in [-0.3, -0.25) is 9.36 Å². The number of hydrogen-bond donors (Lipinski definition) is 1. The molecule has 5 rings (SSSR count). The maximum atomic E-state index is 14.8. The van der Waals surface area contributed by atoms with Crippen molar-refractivity contribution in [3.63, 3.8) is 0 Å². The van der Waals surface area contributed by atoms with E-state index in [2.05, 4.69) is 4.98 Å². The zero-order valence-corrected chi connectivity index (χ0v) is 26.8. The Kier molecular flexibility index (Phi) is 11.3. The van der Waals surface area contributed by atoms with Crippen LogP contribution in [0.2, 0.25) is 0 Å².